The van der Waals surface area contributed by atoms with Gasteiger partial charge in [-0.2, -0.15) is 0 Å². The molecule has 2 fully saturated rings. The number of nitrogens with zero attached hydrogens (tertiary/aromatic N) is 1. The van der Waals surface area contributed by atoms with Gasteiger partial charge in [0.15, 0.2) is 0 Å². The van der Waals surface area contributed by atoms with Gasteiger partial charge in [0.05, 0.1) is 0 Å². The summed E-state index contributed by atoms with van der Waals surface area (Å²) in [6.07, 6.45) is 7.04. The number of piperidine rings is 1. The topological polar surface area (TPSA) is 15.3 Å². The van der Waals surface area contributed by atoms with Gasteiger partial charge in [-0.05, 0) is 44.6 Å². The molecule has 2 atom stereocenters. The minimum atomic E-state index is 0.603. The molecule has 1 aliphatic heterocycles. The zero-order valence-corrected chi connectivity index (χ0v) is 11.3. The van der Waals surface area contributed by atoms with Gasteiger partial charge < -0.3 is 5.32 Å². The van der Waals surface area contributed by atoms with Crippen LogP contribution in [-0.4, -0.2) is 36.1 Å². The standard InChI is InChI=1S/C14H28N2/c1-4-14(8-6-9-14)16-10-7-13(15-5-2)12(3)11-16/h12-13,15H,4-11H2,1-3H3. The monoisotopic (exact) mass is 224 g/mol. The predicted octanol–water partition coefficient (Wildman–Crippen LogP) is 2.64. The van der Waals surface area contributed by atoms with Crippen molar-refractivity contribution in [3.05, 3.63) is 0 Å². The molecule has 1 N–H and O–H groups in total. The lowest BCUT2D eigenvalue weighted by molar-refractivity contribution is -0.0227. The summed E-state index contributed by atoms with van der Waals surface area (Å²) in [6.45, 7) is 10.8. The normalized spacial score (nSPS) is 34.7. The molecule has 0 radical (unpaired) electrons. The van der Waals surface area contributed by atoms with Gasteiger partial charge >= 0.3 is 0 Å². The lowest BCUT2D eigenvalue weighted by Gasteiger charge is -2.54. The van der Waals surface area contributed by atoms with Crippen LogP contribution in [0.5, 0.6) is 0 Å². The van der Waals surface area contributed by atoms with Gasteiger partial charge in [0.25, 0.3) is 0 Å². The molecule has 16 heavy (non-hydrogen) atoms. The summed E-state index contributed by atoms with van der Waals surface area (Å²) in [5, 5.41) is 3.63. The molecule has 1 saturated heterocycles. The first-order valence-corrected chi connectivity index (χ1v) is 7.20. The molecule has 1 saturated carbocycles. The molecule has 0 aromatic heterocycles. The first kappa shape index (κ1) is 12.4. The Hall–Kier alpha value is -0.0800. The number of rotatable bonds is 4. The molecule has 0 aromatic rings. The minimum Gasteiger partial charge on any atom is -0.314 e. The quantitative estimate of drug-likeness (QED) is 0.790. The molecular weight excluding hydrogens is 196 g/mol. The minimum absolute atomic E-state index is 0.603. The molecular formula is C14H28N2. The fourth-order valence-electron chi connectivity index (χ4n) is 3.62. The van der Waals surface area contributed by atoms with Crippen LogP contribution in [0.1, 0.15) is 52.9 Å². The Labute approximate surface area is 101 Å². The fourth-order valence-corrected chi connectivity index (χ4v) is 3.62. The van der Waals surface area contributed by atoms with Gasteiger partial charge in [0.1, 0.15) is 0 Å². The molecule has 0 spiro atoms. The van der Waals surface area contributed by atoms with Crippen LogP contribution in [0.3, 0.4) is 0 Å². The van der Waals surface area contributed by atoms with Crippen LogP contribution >= 0.6 is 0 Å². The third-order valence-corrected chi connectivity index (χ3v) is 4.98. The smallest absolute Gasteiger partial charge is 0.0207 e. The van der Waals surface area contributed by atoms with E-state index in [4.69, 9.17) is 0 Å². The molecule has 0 bridgehead atoms. The Morgan fingerprint density at radius 1 is 1.31 bits per heavy atom. The summed E-state index contributed by atoms with van der Waals surface area (Å²) in [4.78, 5) is 2.80. The van der Waals surface area contributed by atoms with E-state index in [9.17, 15) is 0 Å². The van der Waals surface area contributed by atoms with E-state index >= 15 is 0 Å². The van der Waals surface area contributed by atoms with E-state index in [0.29, 0.717) is 5.54 Å². The SMILES string of the molecule is CCNC1CCN(C2(CC)CCC2)CC1C. The van der Waals surface area contributed by atoms with E-state index in [-0.39, 0.29) is 0 Å². The number of likely N-dealkylation sites (tertiary alicyclic amines) is 1. The van der Waals surface area contributed by atoms with E-state index in [2.05, 4.69) is 31.0 Å². The van der Waals surface area contributed by atoms with Crippen molar-refractivity contribution in [3.63, 3.8) is 0 Å². The van der Waals surface area contributed by atoms with Crippen molar-refractivity contribution >= 4 is 0 Å². The Bertz CT molecular complexity index is 217. The van der Waals surface area contributed by atoms with E-state index < -0.39 is 0 Å². The first-order chi connectivity index (χ1) is 7.72. The van der Waals surface area contributed by atoms with E-state index in [1.54, 1.807) is 0 Å². The first-order valence-electron chi connectivity index (χ1n) is 7.20. The number of nitrogens with one attached hydrogen (secondary N) is 1. The van der Waals surface area contributed by atoms with Crippen molar-refractivity contribution in [3.8, 4) is 0 Å². The third-order valence-electron chi connectivity index (χ3n) is 4.98. The largest absolute Gasteiger partial charge is 0.314 e. The highest BCUT2D eigenvalue weighted by atomic mass is 15.2. The zero-order chi connectivity index (χ0) is 11.6. The summed E-state index contributed by atoms with van der Waals surface area (Å²) in [5.74, 6) is 0.817. The van der Waals surface area contributed by atoms with Crippen molar-refractivity contribution in [2.24, 2.45) is 5.92 Å². The molecule has 2 nitrogen and oxygen atoms in total. The Morgan fingerprint density at radius 3 is 2.50 bits per heavy atom. The van der Waals surface area contributed by atoms with Crippen molar-refractivity contribution in [1.29, 1.82) is 0 Å². The molecule has 2 unspecified atom stereocenters. The molecule has 1 heterocycles. The number of hydrogen-bond acceptors (Lipinski definition) is 2. The maximum atomic E-state index is 3.63. The second-order valence-corrected chi connectivity index (χ2v) is 5.81. The van der Waals surface area contributed by atoms with Crippen LogP contribution in [0, 0.1) is 5.92 Å². The van der Waals surface area contributed by atoms with Crippen LogP contribution in [0.15, 0.2) is 0 Å². The summed E-state index contributed by atoms with van der Waals surface area (Å²) < 4.78 is 0. The molecule has 2 heteroatoms. The molecule has 2 rings (SSSR count). The highest BCUT2D eigenvalue weighted by Gasteiger charge is 2.43. The molecule has 94 valence electrons. The van der Waals surface area contributed by atoms with Crippen molar-refractivity contribution in [1.82, 2.24) is 10.2 Å². The number of hydrogen-bond donors (Lipinski definition) is 1. The van der Waals surface area contributed by atoms with Crippen LogP contribution < -0.4 is 5.32 Å². The lowest BCUT2D eigenvalue weighted by Crippen LogP contribution is -2.59. The average molecular weight is 224 g/mol. The second-order valence-electron chi connectivity index (χ2n) is 5.81. The van der Waals surface area contributed by atoms with Crippen molar-refractivity contribution in [2.45, 2.75) is 64.5 Å². The summed E-state index contributed by atoms with van der Waals surface area (Å²) in [7, 11) is 0. The third kappa shape index (κ3) is 2.14. The maximum Gasteiger partial charge on any atom is 0.0207 e. The zero-order valence-electron chi connectivity index (χ0n) is 11.3. The van der Waals surface area contributed by atoms with Gasteiger partial charge in [-0.15, -0.1) is 0 Å². The van der Waals surface area contributed by atoms with Gasteiger partial charge in [0, 0.05) is 24.7 Å². The second kappa shape index (κ2) is 5.05. The van der Waals surface area contributed by atoms with E-state index in [0.717, 1.165) is 18.5 Å². The van der Waals surface area contributed by atoms with Crippen LogP contribution in [0.25, 0.3) is 0 Å². The Kier molecular flexibility index (Phi) is 3.91. The Morgan fingerprint density at radius 2 is 2.06 bits per heavy atom. The highest BCUT2D eigenvalue weighted by Crippen LogP contribution is 2.42. The van der Waals surface area contributed by atoms with Crippen molar-refractivity contribution < 1.29 is 0 Å². The summed E-state index contributed by atoms with van der Waals surface area (Å²) in [5.41, 5.74) is 0.603. The van der Waals surface area contributed by atoms with Crippen LogP contribution in [-0.2, 0) is 0 Å². The maximum absolute atomic E-state index is 3.63. The summed E-state index contributed by atoms with van der Waals surface area (Å²) in [6, 6.07) is 0.759. The lowest BCUT2D eigenvalue weighted by atomic mass is 9.72. The molecule has 1 aliphatic carbocycles. The van der Waals surface area contributed by atoms with Crippen LogP contribution in [0.4, 0.5) is 0 Å². The van der Waals surface area contributed by atoms with Crippen molar-refractivity contribution in [2.75, 3.05) is 19.6 Å². The Balaban J connectivity index is 1.91. The molecule has 2 aliphatic rings. The van der Waals surface area contributed by atoms with E-state index in [1.807, 2.05) is 0 Å². The molecule has 0 aromatic carbocycles. The van der Waals surface area contributed by atoms with Gasteiger partial charge in [0.2, 0.25) is 0 Å². The average Bonchev–Trinajstić information content (AvgIpc) is 2.21. The van der Waals surface area contributed by atoms with Gasteiger partial charge in [-0.25, -0.2) is 0 Å². The fraction of sp³-hybridized carbons (Fsp3) is 1.00. The molecule has 0 amide bonds. The van der Waals surface area contributed by atoms with Crippen LogP contribution in [0.2, 0.25) is 0 Å². The summed E-state index contributed by atoms with van der Waals surface area (Å²) >= 11 is 0. The predicted molar refractivity (Wildman–Crippen MR) is 69.7 cm³/mol. The van der Waals surface area contributed by atoms with E-state index in [1.165, 1.54) is 45.2 Å². The van der Waals surface area contributed by atoms with Gasteiger partial charge in [-0.1, -0.05) is 20.8 Å². The highest BCUT2D eigenvalue weighted by molar-refractivity contribution is 4.99. The van der Waals surface area contributed by atoms with Gasteiger partial charge in [-0.3, -0.25) is 4.90 Å².